The first-order valence-corrected chi connectivity index (χ1v) is 7.27. The average Bonchev–Trinajstić information content (AvgIpc) is 2.17. The van der Waals surface area contributed by atoms with Gasteiger partial charge >= 0.3 is 5.97 Å². The first kappa shape index (κ1) is 13.9. The monoisotopic (exact) mass is 264 g/mol. The molecule has 1 saturated heterocycles. The van der Waals surface area contributed by atoms with Crippen molar-refractivity contribution in [2.45, 2.75) is 12.5 Å². The number of rotatable bonds is 5. The van der Waals surface area contributed by atoms with Gasteiger partial charge in [-0.1, -0.05) is 0 Å². The number of carboxylic acids is 1. The van der Waals surface area contributed by atoms with Crippen molar-refractivity contribution in [1.29, 1.82) is 0 Å². The molecular weight excluding hydrogens is 248 g/mol. The lowest BCUT2D eigenvalue weighted by Gasteiger charge is -2.33. The second-order valence-corrected chi connectivity index (χ2v) is 6.33. The predicted molar refractivity (Wildman–Crippen MR) is 60.3 cm³/mol. The maximum Gasteiger partial charge on any atom is 0.305 e. The highest BCUT2D eigenvalue weighted by Crippen LogP contribution is 2.09. The number of carbonyl (C=O) groups excluding carboxylic acids is 1. The van der Waals surface area contributed by atoms with E-state index in [1.807, 2.05) is 0 Å². The Hall–Kier alpha value is -1.15. The number of carboxylic acid groups (broad SMARTS) is 1. The molecule has 1 heterocycles. The van der Waals surface area contributed by atoms with E-state index in [9.17, 15) is 18.0 Å². The second-order valence-electron chi connectivity index (χ2n) is 4.07. The van der Waals surface area contributed by atoms with E-state index in [0.29, 0.717) is 13.1 Å². The normalized spacial score (nSPS) is 22.2. The van der Waals surface area contributed by atoms with Crippen LogP contribution in [-0.4, -0.2) is 68.0 Å². The van der Waals surface area contributed by atoms with Crippen LogP contribution in [0.5, 0.6) is 0 Å². The summed E-state index contributed by atoms with van der Waals surface area (Å²) in [7, 11) is -3.11. The molecule has 0 aromatic carbocycles. The van der Waals surface area contributed by atoms with Crippen LogP contribution in [0.15, 0.2) is 0 Å². The minimum atomic E-state index is -3.11. The maximum atomic E-state index is 11.5. The van der Waals surface area contributed by atoms with Crippen molar-refractivity contribution in [3.05, 3.63) is 0 Å². The van der Waals surface area contributed by atoms with Crippen molar-refractivity contribution in [2.75, 3.05) is 31.6 Å². The molecule has 0 saturated carbocycles. The summed E-state index contributed by atoms with van der Waals surface area (Å²) >= 11 is 0. The number of piperazine rings is 1. The third-order valence-corrected chi connectivity index (χ3v) is 3.48. The maximum absolute atomic E-state index is 11.5. The highest BCUT2D eigenvalue weighted by Gasteiger charge is 2.31. The topological polar surface area (TPSA) is 104 Å². The van der Waals surface area contributed by atoms with Gasteiger partial charge in [-0.2, -0.15) is 0 Å². The average molecular weight is 264 g/mol. The Kier molecular flexibility index (Phi) is 4.47. The molecule has 0 aliphatic carbocycles. The summed E-state index contributed by atoms with van der Waals surface area (Å²) in [5.41, 5.74) is 0. The van der Waals surface area contributed by atoms with Gasteiger partial charge in [0, 0.05) is 25.9 Å². The summed E-state index contributed by atoms with van der Waals surface area (Å²) in [5, 5.41) is 11.3. The highest BCUT2D eigenvalue weighted by molar-refractivity contribution is 7.90. The van der Waals surface area contributed by atoms with Crippen molar-refractivity contribution in [3.63, 3.8) is 0 Å². The van der Waals surface area contributed by atoms with E-state index < -0.39 is 21.8 Å². The van der Waals surface area contributed by atoms with Gasteiger partial charge in [0.25, 0.3) is 0 Å². The molecule has 0 spiro atoms. The van der Waals surface area contributed by atoms with E-state index >= 15 is 0 Å². The van der Waals surface area contributed by atoms with Crippen molar-refractivity contribution in [1.82, 2.24) is 10.2 Å². The van der Waals surface area contributed by atoms with Gasteiger partial charge in [-0.15, -0.1) is 0 Å². The van der Waals surface area contributed by atoms with Crippen molar-refractivity contribution in [2.24, 2.45) is 0 Å². The lowest BCUT2D eigenvalue weighted by atomic mass is 10.1. The van der Waals surface area contributed by atoms with Crippen LogP contribution in [0, 0.1) is 0 Å². The number of amides is 1. The summed E-state index contributed by atoms with van der Waals surface area (Å²) in [6.45, 7) is 1.07. The molecule has 1 unspecified atom stereocenters. The highest BCUT2D eigenvalue weighted by atomic mass is 32.2. The van der Waals surface area contributed by atoms with E-state index in [1.54, 1.807) is 4.90 Å². The van der Waals surface area contributed by atoms with Gasteiger partial charge in [-0.25, -0.2) is 8.42 Å². The molecule has 0 aromatic heterocycles. The number of carbonyl (C=O) groups is 2. The van der Waals surface area contributed by atoms with Crippen LogP contribution in [0.2, 0.25) is 0 Å². The van der Waals surface area contributed by atoms with Gasteiger partial charge in [-0.3, -0.25) is 14.5 Å². The summed E-state index contributed by atoms with van der Waals surface area (Å²) < 4.78 is 22.1. The zero-order valence-corrected chi connectivity index (χ0v) is 10.4. The van der Waals surface area contributed by atoms with Crippen molar-refractivity contribution >= 4 is 21.7 Å². The Bertz CT molecular complexity index is 406. The van der Waals surface area contributed by atoms with E-state index in [2.05, 4.69) is 5.32 Å². The Balaban J connectivity index is 2.65. The van der Waals surface area contributed by atoms with Gasteiger partial charge in [0.15, 0.2) is 0 Å². The minimum Gasteiger partial charge on any atom is -0.481 e. The molecule has 98 valence electrons. The molecule has 1 aliphatic rings. The van der Waals surface area contributed by atoms with Crippen LogP contribution in [0.4, 0.5) is 0 Å². The summed E-state index contributed by atoms with van der Waals surface area (Å²) in [6.07, 6.45) is 0.804. The number of hydrogen-bond acceptors (Lipinski definition) is 5. The smallest absolute Gasteiger partial charge is 0.305 e. The Morgan fingerprint density at radius 2 is 2.24 bits per heavy atom. The molecular formula is C9H16N2O5S. The summed E-state index contributed by atoms with van der Waals surface area (Å²) in [6, 6.07) is -0.775. The van der Waals surface area contributed by atoms with Crippen LogP contribution >= 0.6 is 0 Å². The second kappa shape index (κ2) is 5.46. The Morgan fingerprint density at radius 1 is 1.59 bits per heavy atom. The zero-order valence-electron chi connectivity index (χ0n) is 9.55. The van der Waals surface area contributed by atoms with Gasteiger partial charge < -0.3 is 10.4 Å². The molecule has 0 radical (unpaired) electrons. The molecule has 1 aliphatic heterocycles. The number of aliphatic carboxylic acids is 1. The van der Waals surface area contributed by atoms with Gasteiger partial charge in [0.2, 0.25) is 5.91 Å². The fraction of sp³-hybridized carbons (Fsp3) is 0.778. The molecule has 1 rings (SSSR count). The molecule has 2 N–H and O–H groups in total. The zero-order chi connectivity index (χ0) is 13.1. The molecule has 0 bridgehead atoms. The van der Waals surface area contributed by atoms with E-state index in [-0.39, 0.29) is 24.6 Å². The number of hydrogen-bond donors (Lipinski definition) is 2. The van der Waals surface area contributed by atoms with Crippen LogP contribution < -0.4 is 5.32 Å². The number of sulfone groups is 1. The first-order chi connectivity index (χ1) is 7.79. The third kappa shape index (κ3) is 4.70. The van der Waals surface area contributed by atoms with E-state index in [0.717, 1.165) is 6.26 Å². The lowest BCUT2D eigenvalue weighted by Crippen LogP contribution is -2.56. The van der Waals surface area contributed by atoms with Gasteiger partial charge in [-0.05, 0) is 0 Å². The molecule has 0 aromatic rings. The summed E-state index contributed by atoms with van der Waals surface area (Å²) in [4.78, 5) is 23.7. The molecule has 7 nitrogen and oxygen atoms in total. The summed E-state index contributed by atoms with van der Waals surface area (Å²) in [5.74, 6) is -1.50. The first-order valence-electron chi connectivity index (χ1n) is 5.21. The molecule has 1 fully saturated rings. The molecule has 1 amide bonds. The van der Waals surface area contributed by atoms with Gasteiger partial charge in [0.1, 0.15) is 9.84 Å². The SMILES string of the molecule is CS(=O)(=O)CCN1CCNC(=O)C1CC(=O)O. The van der Waals surface area contributed by atoms with Crippen LogP contribution in [-0.2, 0) is 19.4 Å². The van der Waals surface area contributed by atoms with Crippen molar-refractivity contribution in [3.8, 4) is 0 Å². The fourth-order valence-electron chi connectivity index (χ4n) is 1.70. The van der Waals surface area contributed by atoms with Crippen molar-refractivity contribution < 1.29 is 23.1 Å². The van der Waals surface area contributed by atoms with Crippen LogP contribution in [0.25, 0.3) is 0 Å². The molecule has 1 atom stereocenters. The standard InChI is InChI=1S/C9H16N2O5S/c1-17(15,16)5-4-11-3-2-10-9(14)7(11)6-8(12)13/h7H,2-6H2,1H3,(H,10,14)(H,12,13). The lowest BCUT2D eigenvalue weighted by molar-refractivity contribution is -0.143. The van der Waals surface area contributed by atoms with Gasteiger partial charge in [0.05, 0.1) is 18.2 Å². The minimum absolute atomic E-state index is 0.0730. The third-order valence-electron chi connectivity index (χ3n) is 2.56. The fourth-order valence-corrected chi connectivity index (χ4v) is 2.27. The number of nitrogens with one attached hydrogen (secondary N) is 1. The molecule has 8 heteroatoms. The van der Waals surface area contributed by atoms with Crippen LogP contribution in [0.3, 0.4) is 0 Å². The Labute approximate surface area is 99.7 Å². The molecule has 17 heavy (non-hydrogen) atoms. The predicted octanol–water partition coefficient (Wildman–Crippen LogP) is -1.69. The van der Waals surface area contributed by atoms with Crippen LogP contribution in [0.1, 0.15) is 6.42 Å². The Morgan fingerprint density at radius 3 is 2.76 bits per heavy atom. The quantitative estimate of drug-likeness (QED) is 0.614. The van der Waals surface area contributed by atoms with E-state index in [4.69, 9.17) is 5.11 Å². The largest absolute Gasteiger partial charge is 0.481 e. The van der Waals surface area contributed by atoms with E-state index in [1.165, 1.54) is 0 Å². The number of nitrogens with zero attached hydrogens (tertiary/aromatic N) is 1.